The van der Waals surface area contributed by atoms with Crippen molar-refractivity contribution in [2.75, 3.05) is 45.8 Å². The predicted molar refractivity (Wildman–Crippen MR) is 271 cm³/mol. The lowest BCUT2D eigenvalue weighted by Gasteiger charge is -2.46. The number of rotatable bonds is 17. The third kappa shape index (κ3) is 8.95. The molecule has 74 heavy (non-hydrogen) atoms. The third-order valence-electron chi connectivity index (χ3n) is 15.2. The highest BCUT2D eigenvalue weighted by molar-refractivity contribution is 6.11. The molecule has 0 aliphatic carbocycles. The van der Waals surface area contributed by atoms with Gasteiger partial charge in [-0.25, -0.2) is 0 Å². The van der Waals surface area contributed by atoms with Crippen molar-refractivity contribution >= 4 is 41.3 Å². The molecule has 382 valence electrons. The molecule has 10 atom stereocenters. The number of carbonyl (C=O) groups is 6. The molecule has 10 rings (SSSR count). The summed E-state index contributed by atoms with van der Waals surface area (Å²) < 4.78 is 24.2. The highest BCUT2D eigenvalue weighted by Gasteiger charge is 2.74. The highest BCUT2D eigenvalue weighted by atomic mass is 16.6. The lowest BCUT2D eigenvalue weighted by molar-refractivity contribution is -0.180. The summed E-state index contributed by atoms with van der Waals surface area (Å²) in [6.07, 6.45) is 2.70. The molecule has 3 amide bonds. The van der Waals surface area contributed by atoms with E-state index in [0.29, 0.717) is 34.5 Å². The van der Waals surface area contributed by atoms with E-state index >= 15 is 4.79 Å². The van der Waals surface area contributed by atoms with Gasteiger partial charge in [0.25, 0.3) is 0 Å². The number of unbranched alkanes of at least 4 members (excludes halogenated alkanes) is 1. The number of carbonyl (C=O) groups excluding carboxylic acids is 6. The minimum absolute atomic E-state index is 0.0211. The highest BCUT2D eigenvalue weighted by Crippen LogP contribution is 2.65. The number of amides is 3. The van der Waals surface area contributed by atoms with Crippen LogP contribution >= 0.6 is 0 Å². The fourth-order valence-electron chi connectivity index (χ4n) is 12.1. The van der Waals surface area contributed by atoms with Crippen molar-refractivity contribution in [1.82, 2.24) is 20.0 Å². The summed E-state index contributed by atoms with van der Waals surface area (Å²) in [5, 5.41) is 16.1. The Labute approximate surface area is 429 Å². The summed E-state index contributed by atoms with van der Waals surface area (Å²) >= 11 is 0. The fraction of sp³-hybridized carbons (Fsp3) is 0.345. The minimum Gasteiger partial charge on any atom is -0.508 e. The predicted octanol–water partition coefficient (Wildman–Crippen LogP) is 6.50. The first-order chi connectivity index (χ1) is 35.9. The van der Waals surface area contributed by atoms with Gasteiger partial charge in [-0.1, -0.05) is 116 Å². The minimum atomic E-state index is -1.70. The van der Waals surface area contributed by atoms with E-state index in [1.807, 2.05) is 97.9 Å². The monoisotopic (exact) mass is 1000 g/mol. The number of piperazine rings is 1. The second kappa shape index (κ2) is 21.0. The third-order valence-corrected chi connectivity index (χ3v) is 15.2. The maximum atomic E-state index is 15.1. The molecule has 0 unspecified atom stereocenters. The lowest BCUT2D eigenvalue weighted by Crippen LogP contribution is -2.61. The molecule has 5 aromatic rings. The molecular weight excluding hydrogens is 943 g/mol. The largest absolute Gasteiger partial charge is 0.508 e. The first kappa shape index (κ1) is 49.7. The van der Waals surface area contributed by atoms with Gasteiger partial charge in [-0.15, -0.1) is 0 Å². The number of nitrogens with zero attached hydrogens (tertiary/aromatic N) is 3. The number of hydrogen-bond acceptors (Lipinski definition) is 13. The van der Waals surface area contributed by atoms with Gasteiger partial charge >= 0.3 is 17.9 Å². The van der Waals surface area contributed by atoms with Crippen LogP contribution in [0.3, 0.4) is 0 Å². The van der Waals surface area contributed by atoms with Crippen LogP contribution in [0.15, 0.2) is 146 Å². The first-order valence-electron chi connectivity index (χ1n) is 25.1. The second-order valence-electron chi connectivity index (χ2n) is 19.8. The van der Waals surface area contributed by atoms with Gasteiger partial charge in [0.05, 0.1) is 24.0 Å². The second-order valence-corrected chi connectivity index (χ2v) is 19.8. The van der Waals surface area contributed by atoms with E-state index in [1.54, 1.807) is 42.5 Å². The Bertz CT molecular complexity index is 2920. The van der Waals surface area contributed by atoms with E-state index in [4.69, 9.17) is 18.9 Å². The quantitative estimate of drug-likeness (QED) is 0.0396. The van der Waals surface area contributed by atoms with Gasteiger partial charge in [0.2, 0.25) is 17.7 Å². The Balaban J connectivity index is 0.929. The molecule has 0 bridgehead atoms. The average molecular weight is 1000 g/mol. The fourth-order valence-corrected chi connectivity index (χ4v) is 12.1. The Hall–Kier alpha value is -7.82. The van der Waals surface area contributed by atoms with Crippen LogP contribution in [0.4, 0.5) is 5.69 Å². The Morgan fingerprint density at radius 2 is 1.43 bits per heavy atom. The Morgan fingerprint density at radius 3 is 2.14 bits per heavy atom. The van der Waals surface area contributed by atoms with Crippen molar-refractivity contribution in [2.24, 2.45) is 11.8 Å². The molecule has 1 spiro atoms. The molecule has 4 saturated heterocycles. The number of phenols is 1. The maximum Gasteiger partial charge on any atom is 0.325 e. The number of hydrogen-bond donors (Lipinski definition) is 3. The topological polar surface area (TPSA) is 193 Å². The van der Waals surface area contributed by atoms with E-state index in [2.05, 4.69) is 22.1 Å². The lowest BCUT2D eigenvalue weighted by atomic mass is 9.65. The van der Waals surface area contributed by atoms with Crippen LogP contribution in [0.1, 0.15) is 77.7 Å². The van der Waals surface area contributed by atoms with Crippen LogP contribution in [0.5, 0.6) is 11.5 Å². The number of phenolic OH excluding ortho intramolecular Hbond substituents is 1. The standard InChI is InChI=1S/C58H59N5O11/c1-4-31-72-55(68)46-49-56(69)74-50(37-17-9-6-10-18-37)48(35-15-7-5-8-16-35)63(49)51(58(46)42-19-11-12-20-43(42)60-57(58)70)38-24-28-40(29-25-38)71-32-33-73-54(67)41-34-45-52(65)59-44(21-13-14-30-61(2)3)53(66)62(45)47(41)36-22-26-39(64)27-23-36/h4-12,15-20,22-29,41,44-51,64H,1,13-14,21,30-34H2,2-3H3,(H,59,65)(H,60,70)/t41-,44+,45-,46-,47-,48-,49-,50+,51+,58-/m1/s1. The summed E-state index contributed by atoms with van der Waals surface area (Å²) in [4.78, 5) is 92.0. The van der Waals surface area contributed by atoms with Crippen LogP contribution in [0, 0.1) is 11.8 Å². The number of ether oxygens (including phenoxy) is 4. The molecule has 5 heterocycles. The molecule has 4 fully saturated rings. The van der Waals surface area contributed by atoms with Crippen LogP contribution in [0.25, 0.3) is 0 Å². The van der Waals surface area contributed by atoms with Crippen molar-refractivity contribution in [3.05, 3.63) is 174 Å². The van der Waals surface area contributed by atoms with Gasteiger partial charge in [-0.2, -0.15) is 0 Å². The molecule has 5 aromatic carbocycles. The van der Waals surface area contributed by atoms with Crippen molar-refractivity contribution in [3.63, 3.8) is 0 Å². The number of nitrogens with one attached hydrogen (secondary N) is 2. The zero-order valence-corrected chi connectivity index (χ0v) is 41.2. The molecule has 5 aliphatic heterocycles. The van der Waals surface area contributed by atoms with Gasteiger partial charge < -0.3 is 44.5 Å². The summed E-state index contributed by atoms with van der Waals surface area (Å²) in [5.74, 6) is -4.88. The number of cyclic esters (lactones) is 1. The Morgan fingerprint density at radius 1 is 0.770 bits per heavy atom. The molecule has 0 radical (unpaired) electrons. The van der Waals surface area contributed by atoms with Gasteiger partial charge in [0.1, 0.15) is 66.9 Å². The zero-order chi connectivity index (χ0) is 51.7. The molecule has 16 nitrogen and oxygen atoms in total. The number of para-hydroxylation sites is 1. The molecule has 16 heteroatoms. The van der Waals surface area contributed by atoms with E-state index in [0.717, 1.165) is 30.5 Å². The van der Waals surface area contributed by atoms with Crippen LogP contribution in [-0.2, 0) is 48.4 Å². The molecule has 3 N–H and O–H groups in total. The number of fused-ring (bicyclic) bond motifs is 4. The number of esters is 3. The zero-order valence-electron chi connectivity index (χ0n) is 41.2. The summed E-state index contributed by atoms with van der Waals surface area (Å²) in [6.45, 7) is 4.22. The molecule has 5 aliphatic rings. The smallest absolute Gasteiger partial charge is 0.325 e. The van der Waals surface area contributed by atoms with Gasteiger partial charge in [-0.05, 0) is 104 Å². The number of aromatic hydroxyl groups is 1. The first-order valence-corrected chi connectivity index (χ1v) is 25.1. The van der Waals surface area contributed by atoms with Crippen LogP contribution in [0.2, 0.25) is 0 Å². The van der Waals surface area contributed by atoms with E-state index < -0.39 is 83.4 Å². The maximum absolute atomic E-state index is 15.1. The number of morpholine rings is 1. The molecule has 0 saturated carbocycles. The average Bonchev–Trinajstić information content (AvgIpc) is 4.20. The summed E-state index contributed by atoms with van der Waals surface area (Å²) in [5.41, 5.74) is 2.08. The van der Waals surface area contributed by atoms with E-state index in [-0.39, 0.29) is 43.8 Å². The van der Waals surface area contributed by atoms with Crippen molar-refractivity contribution in [1.29, 1.82) is 0 Å². The number of benzene rings is 5. The van der Waals surface area contributed by atoms with Gasteiger partial charge in [0, 0.05) is 5.69 Å². The molecule has 0 aromatic heterocycles. The van der Waals surface area contributed by atoms with Crippen LogP contribution in [-0.4, -0.2) is 114 Å². The van der Waals surface area contributed by atoms with Crippen molar-refractivity contribution in [2.45, 2.75) is 73.5 Å². The summed E-state index contributed by atoms with van der Waals surface area (Å²) in [7, 11) is 3.96. The number of anilines is 1. The van der Waals surface area contributed by atoms with Crippen molar-refractivity contribution < 1.29 is 52.8 Å². The van der Waals surface area contributed by atoms with Crippen LogP contribution < -0.4 is 15.4 Å². The van der Waals surface area contributed by atoms with E-state index in [1.165, 1.54) is 23.1 Å². The summed E-state index contributed by atoms with van der Waals surface area (Å²) in [6, 6.07) is 34.2. The van der Waals surface area contributed by atoms with Gasteiger partial charge in [0.15, 0.2) is 0 Å². The van der Waals surface area contributed by atoms with Crippen molar-refractivity contribution in [3.8, 4) is 11.5 Å². The SMILES string of the molecule is C=CCOC(=O)[C@H]1[C@@H]2C(=O)O[C@@H](c3ccccc3)[C@@H](c3ccccc3)N2[C@@H](c2ccc(OCCOC(=O)[C@@H]3C[C@@H]4C(=O)N[C@@H](CCCCN(C)C)C(=O)N4[C@@H]3c3ccc(O)cc3)cc2)[C@]12C(=O)Nc1ccccc12. The van der Waals surface area contributed by atoms with E-state index in [9.17, 15) is 29.1 Å². The molecular formula is C58H59N5O11. The normalized spacial score (nSPS) is 26.9. The Kier molecular flexibility index (Phi) is 14.1. The van der Waals surface area contributed by atoms with Gasteiger partial charge in [-0.3, -0.25) is 33.7 Å².